The number of thiophene rings is 1. The van der Waals surface area contributed by atoms with E-state index in [1.54, 1.807) is 35.0 Å². The number of carboxylic acid groups (broad SMARTS) is 1. The minimum absolute atomic E-state index is 0.00630. The number of benzene rings is 1. The molecule has 1 atom stereocenters. The fourth-order valence-electron chi connectivity index (χ4n) is 2.80. The van der Waals surface area contributed by atoms with Crippen LogP contribution >= 0.6 is 22.9 Å². The molecule has 136 valence electrons. The third-order valence-electron chi connectivity index (χ3n) is 4.07. The quantitative estimate of drug-likeness (QED) is 0.618. The normalized spacial score (nSPS) is 15.4. The lowest BCUT2D eigenvalue weighted by Crippen LogP contribution is -2.25. The second-order valence-electron chi connectivity index (χ2n) is 5.76. The molecule has 27 heavy (non-hydrogen) atoms. The van der Waals surface area contributed by atoms with Crippen LogP contribution in [0.1, 0.15) is 21.3 Å². The van der Waals surface area contributed by atoms with Gasteiger partial charge in [-0.3, -0.25) is 4.79 Å². The molecule has 4 rings (SSSR count). The van der Waals surface area contributed by atoms with Gasteiger partial charge in [-0.25, -0.2) is 9.48 Å². The van der Waals surface area contributed by atoms with E-state index in [4.69, 9.17) is 11.6 Å². The molecule has 7 nitrogen and oxygen atoms in total. The van der Waals surface area contributed by atoms with Gasteiger partial charge in [-0.1, -0.05) is 29.8 Å². The van der Waals surface area contributed by atoms with E-state index in [0.717, 1.165) is 4.88 Å². The van der Waals surface area contributed by atoms with E-state index in [2.05, 4.69) is 15.7 Å². The number of hydrogen-bond donors (Lipinski definition) is 3. The number of aliphatic carboxylic acids is 1. The lowest BCUT2D eigenvalue weighted by molar-refractivity contribution is -0.132. The molecule has 2 aromatic heterocycles. The van der Waals surface area contributed by atoms with Gasteiger partial charge in [-0.15, -0.1) is 11.3 Å². The molecule has 3 aromatic rings. The van der Waals surface area contributed by atoms with Crippen LogP contribution in [-0.2, 0) is 4.79 Å². The Morgan fingerprint density at radius 3 is 2.78 bits per heavy atom. The van der Waals surface area contributed by atoms with Crippen molar-refractivity contribution >= 4 is 46.3 Å². The number of nitrogens with one attached hydrogen (secondary N) is 2. The van der Waals surface area contributed by atoms with Gasteiger partial charge in [0.05, 0.1) is 16.9 Å². The van der Waals surface area contributed by atoms with Crippen molar-refractivity contribution in [3.05, 3.63) is 75.2 Å². The molecular weight excluding hydrogens is 388 g/mol. The summed E-state index contributed by atoms with van der Waals surface area (Å²) in [5.74, 6) is -1.23. The Morgan fingerprint density at radius 1 is 1.26 bits per heavy atom. The third kappa shape index (κ3) is 3.20. The van der Waals surface area contributed by atoms with Gasteiger partial charge in [-0.05, 0) is 29.7 Å². The van der Waals surface area contributed by atoms with Crippen molar-refractivity contribution in [3.8, 4) is 0 Å². The first kappa shape index (κ1) is 17.3. The molecular formula is C18H13ClN4O3S. The fourth-order valence-corrected chi connectivity index (χ4v) is 3.76. The van der Waals surface area contributed by atoms with Gasteiger partial charge in [-0.2, -0.15) is 5.10 Å². The predicted octanol–water partition coefficient (Wildman–Crippen LogP) is 3.83. The molecule has 0 aliphatic carbocycles. The summed E-state index contributed by atoms with van der Waals surface area (Å²) < 4.78 is 1.60. The molecule has 1 aliphatic heterocycles. The molecule has 0 fully saturated rings. The minimum Gasteiger partial charge on any atom is -0.477 e. The zero-order valence-electron chi connectivity index (χ0n) is 13.7. The maximum atomic E-state index is 12.7. The van der Waals surface area contributed by atoms with Crippen LogP contribution in [0.4, 0.5) is 11.5 Å². The first-order valence-electron chi connectivity index (χ1n) is 7.93. The molecule has 0 saturated heterocycles. The van der Waals surface area contributed by atoms with Gasteiger partial charge < -0.3 is 15.7 Å². The average Bonchev–Trinajstić information content (AvgIpc) is 3.32. The zero-order chi connectivity index (χ0) is 19.0. The topological polar surface area (TPSA) is 96.2 Å². The van der Waals surface area contributed by atoms with E-state index in [0.29, 0.717) is 16.5 Å². The first-order chi connectivity index (χ1) is 13.0. The van der Waals surface area contributed by atoms with Crippen LogP contribution in [0.2, 0.25) is 5.02 Å². The summed E-state index contributed by atoms with van der Waals surface area (Å²) in [6.45, 7) is 0. The number of carboxylic acids is 1. The Hall–Kier alpha value is -3.10. The first-order valence-corrected chi connectivity index (χ1v) is 9.19. The fraction of sp³-hybridized carbons (Fsp3) is 0.0556. The molecule has 3 N–H and O–H groups in total. The lowest BCUT2D eigenvalue weighted by Gasteiger charge is -2.23. The number of rotatable bonds is 4. The Balaban J connectivity index is 1.72. The van der Waals surface area contributed by atoms with Crippen LogP contribution in [0.5, 0.6) is 0 Å². The SMILES string of the molecule is O=C(O)C1=CC(c2cccs2)n2ncc(C(=O)Nc3ccccc3Cl)c2N1. The maximum absolute atomic E-state index is 12.7. The molecule has 9 heteroatoms. The van der Waals surface area contributed by atoms with Crippen LogP contribution in [0.3, 0.4) is 0 Å². The highest BCUT2D eigenvalue weighted by Crippen LogP contribution is 2.34. The van der Waals surface area contributed by atoms with Gasteiger partial charge in [0, 0.05) is 4.88 Å². The number of aromatic nitrogens is 2. The molecule has 1 unspecified atom stereocenters. The van der Waals surface area contributed by atoms with E-state index in [-0.39, 0.29) is 11.3 Å². The monoisotopic (exact) mass is 400 g/mol. The second-order valence-corrected chi connectivity index (χ2v) is 7.14. The predicted molar refractivity (Wildman–Crippen MR) is 103 cm³/mol. The van der Waals surface area contributed by atoms with E-state index in [1.807, 2.05) is 17.5 Å². The molecule has 3 heterocycles. The van der Waals surface area contributed by atoms with Crippen molar-refractivity contribution in [3.63, 3.8) is 0 Å². The number of para-hydroxylation sites is 1. The Bertz CT molecular complexity index is 1060. The molecule has 1 amide bonds. The Kier molecular flexibility index (Phi) is 4.43. The number of fused-ring (bicyclic) bond motifs is 1. The summed E-state index contributed by atoms with van der Waals surface area (Å²) in [7, 11) is 0. The number of nitrogens with zero attached hydrogens (tertiary/aromatic N) is 2. The standard InChI is InChI=1S/C18H13ClN4O3S/c19-11-4-1-2-5-12(11)22-17(24)10-9-20-23-14(15-6-3-7-27-15)8-13(18(25)26)21-16(10)23/h1-9,14,21H,(H,22,24)(H,25,26). The Morgan fingerprint density at radius 2 is 2.07 bits per heavy atom. The molecule has 0 saturated carbocycles. The number of amides is 1. The van der Waals surface area contributed by atoms with Crippen LogP contribution in [0, 0.1) is 0 Å². The number of anilines is 2. The average molecular weight is 401 g/mol. The maximum Gasteiger partial charge on any atom is 0.352 e. The number of carbonyl (C=O) groups is 2. The molecule has 0 bridgehead atoms. The highest BCUT2D eigenvalue weighted by Gasteiger charge is 2.30. The van der Waals surface area contributed by atoms with E-state index < -0.39 is 17.9 Å². The molecule has 0 radical (unpaired) electrons. The van der Waals surface area contributed by atoms with Crippen molar-refractivity contribution in [2.24, 2.45) is 0 Å². The Labute approximate surface area is 162 Å². The van der Waals surface area contributed by atoms with Gasteiger partial charge in [0.25, 0.3) is 5.91 Å². The molecule has 0 spiro atoms. The molecule has 1 aromatic carbocycles. The lowest BCUT2D eigenvalue weighted by atomic mass is 10.1. The van der Waals surface area contributed by atoms with Crippen molar-refractivity contribution in [2.45, 2.75) is 6.04 Å². The minimum atomic E-state index is -1.11. The summed E-state index contributed by atoms with van der Waals surface area (Å²) >= 11 is 7.58. The van der Waals surface area contributed by atoms with Crippen molar-refractivity contribution in [1.82, 2.24) is 9.78 Å². The highest BCUT2D eigenvalue weighted by atomic mass is 35.5. The largest absolute Gasteiger partial charge is 0.477 e. The van der Waals surface area contributed by atoms with E-state index in [1.165, 1.54) is 17.5 Å². The number of carbonyl (C=O) groups excluding carboxylic acids is 1. The van der Waals surface area contributed by atoms with Gasteiger partial charge in [0.1, 0.15) is 23.1 Å². The third-order valence-corrected chi connectivity index (χ3v) is 5.34. The number of hydrogen-bond acceptors (Lipinski definition) is 5. The van der Waals surface area contributed by atoms with E-state index in [9.17, 15) is 14.7 Å². The van der Waals surface area contributed by atoms with Crippen LogP contribution in [0.25, 0.3) is 0 Å². The molecule has 1 aliphatic rings. The summed E-state index contributed by atoms with van der Waals surface area (Å²) in [5, 5.41) is 21.6. The van der Waals surface area contributed by atoms with Gasteiger partial charge >= 0.3 is 5.97 Å². The van der Waals surface area contributed by atoms with Crippen molar-refractivity contribution in [2.75, 3.05) is 10.6 Å². The zero-order valence-corrected chi connectivity index (χ0v) is 15.3. The summed E-state index contributed by atoms with van der Waals surface area (Å²) in [4.78, 5) is 25.2. The van der Waals surface area contributed by atoms with Crippen LogP contribution in [-0.4, -0.2) is 26.8 Å². The van der Waals surface area contributed by atoms with Crippen LogP contribution < -0.4 is 10.6 Å². The summed E-state index contributed by atoms with van der Waals surface area (Å²) in [6.07, 6.45) is 2.98. The van der Waals surface area contributed by atoms with Gasteiger partial charge in [0.15, 0.2) is 0 Å². The van der Waals surface area contributed by atoms with Crippen molar-refractivity contribution in [1.29, 1.82) is 0 Å². The smallest absolute Gasteiger partial charge is 0.352 e. The van der Waals surface area contributed by atoms with Crippen molar-refractivity contribution < 1.29 is 14.7 Å². The van der Waals surface area contributed by atoms with E-state index >= 15 is 0 Å². The van der Waals surface area contributed by atoms with Crippen LogP contribution in [0.15, 0.2) is 59.7 Å². The number of halogens is 1. The summed E-state index contributed by atoms with van der Waals surface area (Å²) in [5.41, 5.74) is 0.681. The highest BCUT2D eigenvalue weighted by molar-refractivity contribution is 7.10. The second kappa shape index (κ2) is 6.90. The number of allylic oxidation sites excluding steroid dienone is 1. The summed E-state index contributed by atoms with van der Waals surface area (Å²) in [6, 6.07) is 10.2. The van der Waals surface area contributed by atoms with Gasteiger partial charge in [0.2, 0.25) is 0 Å².